The van der Waals surface area contributed by atoms with E-state index in [4.69, 9.17) is 0 Å². The monoisotopic (exact) mass is 482 g/mol. The van der Waals surface area contributed by atoms with Gasteiger partial charge in [-0.2, -0.15) is 0 Å². The van der Waals surface area contributed by atoms with E-state index in [1.165, 1.54) is 44.9 Å². The van der Waals surface area contributed by atoms with Crippen molar-refractivity contribution in [1.82, 2.24) is 0 Å². The average molecular weight is 483 g/mol. The van der Waals surface area contributed by atoms with E-state index in [0.717, 1.165) is 12.3 Å². The number of fused-ring (bicyclic) bond motifs is 5. The van der Waals surface area contributed by atoms with E-state index in [1.54, 1.807) is 5.57 Å². The van der Waals surface area contributed by atoms with E-state index in [2.05, 4.69) is 89.2 Å². The Morgan fingerprint density at radius 1 is 0.886 bits per heavy atom. The quantitative estimate of drug-likeness (QED) is 0.389. The lowest BCUT2D eigenvalue weighted by molar-refractivity contribution is -0.152. The summed E-state index contributed by atoms with van der Waals surface area (Å²) < 4.78 is 0. The first-order valence-corrected chi connectivity index (χ1v) is 15.1. The van der Waals surface area contributed by atoms with Gasteiger partial charge in [-0.3, -0.25) is 4.79 Å². The fraction of sp³-hybridized carbons (Fsp3) is 0.912. The summed E-state index contributed by atoms with van der Waals surface area (Å²) in [7, 11) is 0. The van der Waals surface area contributed by atoms with Gasteiger partial charge in [0, 0.05) is 5.41 Å². The molecule has 1 unspecified atom stereocenters. The lowest BCUT2D eigenvalue weighted by Gasteiger charge is -2.65. The Hall–Kier alpha value is -0.590. The molecule has 0 radical (unpaired) electrons. The van der Waals surface area contributed by atoms with Crippen LogP contribution >= 0.6 is 0 Å². The summed E-state index contributed by atoms with van der Waals surface area (Å²) in [5, 5.41) is 0. The largest absolute Gasteiger partial charge is 0.294 e. The number of allylic oxidation sites excluding steroid dienone is 2. The van der Waals surface area contributed by atoms with Gasteiger partial charge in [-0.25, -0.2) is 0 Å². The molecule has 4 aliphatic carbocycles. The number of hydrogen-bond acceptors (Lipinski definition) is 1. The third-order valence-corrected chi connectivity index (χ3v) is 13.7. The summed E-state index contributed by atoms with van der Waals surface area (Å²) in [6, 6.07) is 0. The number of rotatable bonds is 4. The highest BCUT2D eigenvalue weighted by Gasteiger charge is 2.68. The first kappa shape index (κ1) is 27.4. The van der Waals surface area contributed by atoms with Crippen molar-refractivity contribution in [3.05, 3.63) is 11.6 Å². The van der Waals surface area contributed by atoms with Crippen molar-refractivity contribution in [1.29, 1.82) is 0 Å². The zero-order chi connectivity index (χ0) is 26.4. The van der Waals surface area contributed by atoms with Crippen molar-refractivity contribution in [2.24, 2.45) is 62.1 Å². The maximum Gasteiger partial charge on any atom is 0.162 e. The molecular weight excluding hydrogens is 424 g/mol. The highest BCUT2D eigenvalue weighted by molar-refractivity contribution is 5.97. The van der Waals surface area contributed by atoms with Crippen LogP contribution < -0.4 is 0 Å². The normalized spacial score (nSPS) is 47.0. The third kappa shape index (κ3) is 3.78. The van der Waals surface area contributed by atoms with E-state index in [-0.39, 0.29) is 21.7 Å². The number of carbonyl (C=O) groups is 1. The first-order valence-electron chi connectivity index (χ1n) is 15.1. The number of ketones is 1. The van der Waals surface area contributed by atoms with Crippen LogP contribution in [0.1, 0.15) is 134 Å². The molecule has 1 nitrogen and oxygen atoms in total. The molecule has 4 aliphatic rings. The Balaban J connectivity index is 1.70. The average Bonchev–Trinajstić information content (AvgIpc) is 3.01. The van der Waals surface area contributed by atoms with Gasteiger partial charge in [0.1, 0.15) is 0 Å². The smallest absolute Gasteiger partial charge is 0.162 e. The zero-order valence-corrected chi connectivity index (χ0v) is 25.5. The number of carbonyl (C=O) groups excluding carboxylic acids is 1. The van der Waals surface area contributed by atoms with E-state index in [0.29, 0.717) is 40.3 Å². The Bertz CT molecular complexity index is 887. The van der Waals surface area contributed by atoms with Crippen LogP contribution in [-0.4, -0.2) is 5.78 Å². The molecule has 0 N–H and O–H groups in total. The molecule has 0 heterocycles. The second kappa shape index (κ2) is 8.20. The SMILES string of the molecule is C[C@@H]1C[C@]2(C)C(=O)C=C3C(CC[C@]4(C)[C@@H](C(C)(C)[C@H](C)CCC(C)(C)C)CC[C@@]34C)[C@@]2(C)C[C@@H]1C. The summed E-state index contributed by atoms with van der Waals surface area (Å²) in [6.45, 7) is 29.7. The van der Waals surface area contributed by atoms with E-state index in [9.17, 15) is 4.79 Å². The Morgan fingerprint density at radius 2 is 1.49 bits per heavy atom. The fourth-order valence-corrected chi connectivity index (χ4v) is 10.2. The van der Waals surface area contributed by atoms with Crippen molar-refractivity contribution >= 4 is 5.78 Å². The number of hydrogen-bond donors (Lipinski definition) is 0. The van der Waals surface area contributed by atoms with Crippen molar-refractivity contribution in [2.75, 3.05) is 0 Å². The maximum absolute atomic E-state index is 14.0. The van der Waals surface area contributed by atoms with Gasteiger partial charge in [-0.15, -0.1) is 0 Å². The van der Waals surface area contributed by atoms with Crippen LogP contribution in [-0.2, 0) is 4.79 Å². The molecule has 4 rings (SSSR count). The van der Waals surface area contributed by atoms with Gasteiger partial charge in [0.25, 0.3) is 0 Å². The standard InChI is InChI=1S/C34H58O/c1-22-20-33(11)25-14-17-32(10)27(30(7,8)24(3)13-16-29(4,5)6)15-18-31(32,9)26(25)19-28(35)34(33,12)21-23(22)2/h19,22-25,27H,13-18,20-21H2,1-12H3/t22-,23+,24+,25?,27+,31-,32+,33+,34+/m0/s1. The van der Waals surface area contributed by atoms with Gasteiger partial charge in [0.15, 0.2) is 5.78 Å². The molecule has 9 atom stereocenters. The van der Waals surface area contributed by atoms with E-state index in [1.807, 2.05) is 0 Å². The van der Waals surface area contributed by atoms with Crippen molar-refractivity contribution in [3.63, 3.8) is 0 Å². The predicted octanol–water partition coefficient (Wildman–Crippen LogP) is 9.90. The summed E-state index contributed by atoms with van der Waals surface area (Å²) in [4.78, 5) is 14.0. The van der Waals surface area contributed by atoms with Crippen LogP contribution in [0.2, 0.25) is 0 Å². The second-order valence-corrected chi connectivity index (χ2v) is 16.8. The molecular formula is C34H58O. The third-order valence-electron chi connectivity index (χ3n) is 13.7. The molecule has 0 bridgehead atoms. The Labute approximate surface area is 218 Å². The molecule has 0 aromatic heterocycles. The highest BCUT2D eigenvalue weighted by atomic mass is 16.1. The molecule has 0 amide bonds. The molecule has 35 heavy (non-hydrogen) atoms. The van der Waals surface area contributed by atoms with Gasteiger partial charge in [-0.05, 0) is 114 Å². The van der Waals surface area contributed by atoms with Gasteiger partial charge in [0.2, 0.25) is 0 Å². The van der Waals surface area contributed by atoms with Crippen LogP contribution in [0.5, 0.6) is 0 Å². The first-order chi connectivity index (χ1) is 15.8. The van der Waals surface area contributed by atoms with Crippen LogP contribution in [0, 0.1) is 62.1 Å². The molecule has 0 aromatic rings. The summed E-state index contributed by atoms with van der Waals surface area (Å²) in [6.07, 6.45) is 12.3. The Kier molecular flexibility index (Phi) is 6.43. The van der Waals surface area contributed by atoms with Gasteiger partial charge in [-0.1, -0.05) is 88.7 Å². The maximum atomic E-state index is 14.0. The zero-order valence-electron chi connectivity index (χ0n) is 25.5. The molecule has 1 heteroatoms. The molecule has 200 valence electrons. The van der Waals surface area contributed by atoms with Crippen molar-refractivity contribution in [2.45, 2.75) is 134 Å². The molecule has 0 spiro atoms. The summed E-state index contributed by atoms with van der Waals surface area (Å²) >= 11 is 0. The van der Waals surface area contributed by atoms with Crippen LogP contribution in [0.3, 0.4) is 0 Å². The lowest BCUT2D eigenvalue weighted by Crippen LogP contribution is -2.60. The molecule has 0 aromatic carbocycles. The topological polar surface area (TPSA) is 17.1 Å². The van der Waals surface area contributed by atoms with E-state index < -0.39 is 0 Å². The van der Waals surface area contributed by atoms with Crippen molar-refractivity contribution in [3.8, 4) is 0 Å². The molecule has 3 fully saturated rings. The molecule has 3 saturated carbocycles. The van der Waals surface area contributed by atoms with Crippen LogP contribution in [0.15, 0.2) is 11.6 Å². The van der Waals surface area contributed by atoms with Crippen LogP contribution in [0.4, 0.5) is 0 Å². The van der Waals surface area contributed by atoms with E-state index >= 15 is 0 Å². The van der Waals surface area contributed by atoms with Crippen molar-refractivity contribution < 1.29 is 4.79 Å². The summed E-state index contributed by atoms with van der Waals surface area (Å²) in [5.74, 6) is 3.82. The van der Waals surface area contributed by atoms with Gasteiger partial charge >= 0.3 is 0 Å². The second-order valence-electron chi connectivity index (χ2n) is 16.8. The minimum absolute atomic E-state index is 0.109. The highest BCUT2D eigenvalue weighted by Crippen LogP contribution is 2.75. The Morgan fingerprint density at radius 3 is 2.09 bits per heavy atom. The predicted molar refractivity (Wildman–Crippen MR) is 150 cm³/mol. The fourth-order valence-electron chi connectivity index (χ4n) is 10.2. The summed E-state index contributed by atoms with van der Waals surface area (Å²) in [5.41, 5.74) is 2.66. The lowest BCUT2D eigenvalue weighted by atomic mass is 9.38. The van der Waals surface area contributed by atoms with Gasteiger partial charge < -0.3 is 0 Å². The van der Waals surface area contributed by atoms with Crippen LogP contribution in [0.25, 0.3) is 0 Å². The molecule has 0 aliphatic heterocycles. The molecule has 0 saturated heterocycles. The minimum atomic E-state index is -0.185. The minimum Gasteiger partial charge on any atom is -0.294 e. The van der Waals surface area contributed by atoms with Gasteiger partial charge in [0.05, 0.1) is 0 Å².